The highest BCUT2D eigenvalue weighted by Gasteiger charge is 2.26. The van der Waals surface area contributed by atoms with Gasteiger partial charge in [0.2, 0.25) is 0 Å². The molecule has 0 unspecified atom stereocenters. The molecule has 4 nitrogen and oxygen atoms in total. The molecular formula is C17H25F4IN4. The van der Waals surface area contributed by atoms with Crippen LogP contribution in [0.5, 0.6) is 0 Å². The summed E-state index contributed by atoms with van der Waals surface area (Å²) in [6, 6.07) is 6.62. The smallest absolute Gasteiger partial charge is 0.371 e. The second-order valence-electron chi connectivity index (χ2n) is 6.01. The summed E-state index contributed by atoms with van der Waals surface area (Å²) in [5, 5.41) is 6.17. The van der Waals surface area contributed by atoms with E-state index in [9.17, 15) is 17.6 Å². The Labute approximate surface area is 168 Å². The highest BCUT2D eigenvalue weighted by molar-refractivity contribution is 14.0. The van der Waals surface area contributed by atoms with Crippen LogP contribution < -0.4 is 15.5 Å². The number of aliphatic imine (C=N–C) groups is 1. The Bertz CT molecular complexity index is 572. The molecule has 0 saturated carbocycles. The summed E-state index contributed by atoms with van der Waals surface area (Å²) in [7, 11) is 0. The van der Waals surface area contributed by atoms with E-state index in [-0.39, 0.29) is 42.4 Å². The fourth-order valence-electron chi connectivity index (χ4n) is 2.76. The Kier molecular flexibility index (Phi) is 9.45. The van der Waals surface area contributed by atoms with E-state index >= 15 is 0 Å². The van der Waals surface area contributed by atoms with Gasteiger partial charge in [-0.15, -0.1) is 24.0 Å². The third kappa shape index (κ3) is 7.96. The first kappa shape index (κ1) is 22.8. The number of nitrogens with one attached hydrogen (secondary N) is 2. The van der Waals surface area contributed by atoms with Crippen molar-refractivity contribution in [2.45, 2.75) is 38.4 Å². The average Bonchev–Trinajstić information content (AvgIpc) is 2.54. The van der Waals surface area contributed by atoms with Gasteiger partial charge in [-0.3, -0.25) is 4.99 Å². The van der Waals surface area contributed by atoms with Crippen molar-refractivity contribution in [3.05, 3.63) is 30.1 Å². The van der Waals surface area contributed by atoms with Crippen LogP contribution in [-0.2, 0) is 0 Å². The maximum absolute atomic E-state index is 13.3. The zero-order valence-electron chi connectivity index (χ0n) is 14.7. The summed E-state index contributed by atoms with van der Waals surface area (Å²) in [5.41, 5.74) is 0.851. The van der Waals surface area contributed by atoms with Gasteiger partial charge in [-0.1, -0.05) is 6.07 Å². The first-order valence-corrected chi connectivity index (χ1v) is 8.49. The van der Waals surface area contributed by atoms with Gasteiger partial charge in [0.25, 0.3) is 0 Å². The lowest BCUT2D eigenvalue weighted by Gasteiger charge is -2.34. The molecule has 9 heteroatoms. The molecule has 1 aromatic rings. The fourth-order valence-corrected chi connectivity index (χ4v) is 2.76. The van der Waals surface area contributed by atoms with Crippen LogP contribution in [0.25, 0.3) is 0 Å². The molecule has 1 fully saturated rings. The van der Waals surface area contributed by atoms with Crippen LogP contribution in [-0.4, -0.2) is 44.4 Å². The lowest BCUT2D eigenvalue weighted by Crippen LogP contribution is -2.48. The van der Waals surface area contributed by atoms with Gasteiger partial charge in [-0.05, 0) is 38.0 Å². The molecular weight excluding hydrogens is 463 g/mol. The van der Waals surface area contributed by atoms with Crippen LogP contribution in [0.3, 0.4) is 0 Å². The summed E-state index contributed by atoms with van der Waals surface area (Å²) < 4.78 is 50.0. The summed E-state index contributed by atoms with van der Waals surface area (Å²) in [6.07, 6.45) is -3.51. The first-order valence-electron chi connectivity index (χ1n) is 8.49. The van der Waals surface area contributed by atoms with Crippen molar-refractivity contribution in [3.8, 4) is 0 Å². The molecule has 148 valence electrons. The zero-order chi connectivity index (χ0) is 18.3. The number of hydrogen-bond acceptors (Lipinski definition) is 2. The maximum atomic E-state index is 13.3. The van der Waals surface area contributed by atoms with Gasteiger partial charge in [-0.25, -0.2) is 4.39 Å². The van der Waals surface area contributed by atoms with Crippen molar-refractivity contribution in [3.63, 3.8) is 0 Å². The molecule has 1 aliphatic heterocycles. The molecule has 0 spiro atoms. The van der Waals surface area contributed by atoms with Crippen molar-refractivity contribution in [1.29, 1.82) is 0 Å². The minimum Gasteiger partial charge on any atom is -0.371 e. The van der Waals surface area contributed by atoms with E-state index in [1.165, 1.54) is 12.1 Å². The molecule has 0 radical (unpaired) electrons. The van der Waals surface area contributed by atoms with Crippen molar-refractivity contribution in [1.82, 2.24) is 10.6 Å². The van der Waals surface area contributed by atoms with E-state index in [1.807, 2.05) is 13.0 Å². The molecule has 0 amide bonds. The molecule has 0 aliphatic carbocycles. The van der Waals surface area contributed by atoms with E-state index in [1.54, 1.807) is 6.07 Å². The van der Waals surface area contributed by atoms with E-state index in [0.29, 0.717) is 12.5 Å². The molecule has 1 heterocycles. The lowest BCUT2D eigenvalue weighted by molar-refractivity contribution is -0.132. The van der Waals surface area contributed by atoms with Crippen LogP contribution in [0.4, 0.5) is 23.2 Å². The number of piperidine rings is 1. The Morgan fingerprint density at radius 3 is 2.54 bits per heavy atom. The molecule has 2 rings (SSSR count). The van der Waals surface area contributed by atoms with Crippen molar-refractivity contribution in [2.24, 2.45) is 4.99 Å². The Balaban J connectivity index is 0.00000338. The van der Waals surface area contributed by atoms with Gasteiger partial charge in [0.1, 0.15) is 5.82 Å². The normalized spacial score (nSPS) is 16.2. The predicted molar refractivity (Wildman–Crippen MR) is 107 cm³/mol. The van der Waals surface area contributed by atoms with Gasteiger partial charge in [-0.2, -0.15) is 13.2 Å². The largest absolute Gasteiger partial charge is 0.390 e. The molecule has 1 saturated heterocycles. The summed E-state index contributed by atoms with van der Waals surface area (Å²) >= 11 is 0. The van der Waals surface area contributed by atoms with Gasteiger partial charge in [0.15, 0.2) is 5.96 Å². The van der Waals surface area contributed by atoms with E-state index in [4.69, 9.17) is 0 Å². The molecule has 0 aromatic heterocycles. The quantitative estimate of drug-likeness (QED) is 0.286. The maximum Gasteiger partial charge on any atom is 0.390 e. The highest BCUT2D eigenvalue weighted by Crippen LogP contribution is 2.21. The number of halogens is 5. The third-order valence-electron chi connectivity index (χ3n) is 4.02. The molecule has 0 bridgehead atoms. The number of rotatable bonds is 5. The van der Waals surface area contributed by atoms with Crippen LogP contribution in [0.15, 0.2) is 29.3 Å². The standard InChI is InChI=1S/C17H24F4N4.HI/c1-2-22-16(23-9-8-17(19,20)21)24-14-6-10-25(11-7-14)15-5-3-4-13(18)12-15;/h3-5,12,14H,2,6-11H2,1H3,(H2,22,23,24);1H. The number of hydrogen-bond donors (Lipinski definition) is 2. The monoisotopic (exact) mass is 488 g/mol. The van der Waals surface area contributed by atoms with Crippen molar-refractivity contribution in [2.75, 3.05) is 31.1 Å². The van der Waals surface area contributed by atoms with E-state index < -0.39 is 12.6 Å². The van der Waals surface area contributed by atoms with Crippen LogP contribution >= 0.6 is 24.0 Å². The second-order valence-corrected chi connectivity index (χ2v) is 6.01. The molecule has 1 aromatic carbocycles. The fraction of sp³-hybridized carbons (Fsp3) is 0.588. The van der Waals surface area contributed by atoms with Gasteiger partial charge < -0.3 is 15.5 Å². The first-order chi connectivity index (χ1) is 11.9. The van der Waals surface area contributed by atoms with Gasteiger partial charge in [0.05, 0.1) is 13.0 Å². The topological polar surface area (TPSA) is 39.7 Å². The Hall–Kier alpha value is -1.26. The Morgan fingerprint density at radius 2 is 1.96 bits per heavy atom. The molecule has 0 atom stereocenters. The number of guanidine groups is 1. The molecule has 1 aliphatic rings. The van der Waals surface area contributed by atoms with Gasteiger partial charge in [0, 0.05) is 31.4 Å². The third-order valence-corrected chi connectivity index (χ3v) is 4.02. The number of anilines is 1. The summed E-state index contributed by atoms with van der Waals surface area (Å²) in [4.78, 5) is 6.10. The lowest BCUT2D eigenvalue weighted by atomic mass is 10.0. The molecule has 26 heavy (non-hydrogen) atoms. The van der Waals surface area contributed by atoms with Crippen LogP contribution in [0, 0.1) is 5.82 Å². The van der Waals surface area contributed by atoms with E-state index in [0.717, 1.165) is 31.6 Å². The predicted octanol–water partition coefficient (Wildman–Crippen LogP) is 3.92. The van der Waals surface area contributed by atoms with Crippen LogP contribution in [0.2, 0.25) is 0 Å². The summed E-state index contributed by atoms with van der Waals surface area (Å²) in [5.74, 6) is 0.153. The molecule has 2 N–H and O–H groups in total. The van der Waals surface area contributed by atoms with Crippen LogP contribution in [0.1, 0.15) is 26.2 Å². The van der Waals surface area contributed by atoms with Gasteiger partial charge >= 0.3 is 6.18 Å². The number of nitrogens with zero attached hydrogens (tertiary/aromatic N) is 2. The highest BCUT2D eigenvalue weighted by atomic mass is 127. The Morgan fingerprint density at radius 1 is 1.27 bits per heavy atom. The average molecular weight is 488 g/mol. The van der Waals surface area contributed by atoms with Crippen molar-refractivity contribution < 1.29 is 17.6 Å². The summed E-state index contributed by atoms with van der Waals surface area (Å²) in [6.45, 7) is 3.67. The SMILES string of the molecule is CCNC(=NCCC(F)(F)F)NC1CCN(c2cccc(F)c2)CC1.I. The second kappa shape index (κ2) is 10.8. The number of alkyl halides is 3. The minimum absolute atomic E-state index is 0. The number of benzene rings is 1. The van der Waals surface area contributed by atoms with E-state index in [2.05, 4.69) is 20.5 Å². The minimum atomic E-state index is -4.20. The zero-order valence-corrected chi connectivity index (χ0v) is 17.0. The van der Waals surface area contributed by atoms with Crippen molar-refractivity contribution >= 4 is 35.6 Å².